The van der Waals surface area contributed by atoms with Gasteiger partial charge in [-0.25, -0.2) is 0 Å². The second-order valence-electron chi connectivity index (χ2n) is 3.25. The van der Waals surface area contributed by atoms with Crippen LogP contribution in [0.15, 0.2) is 23.1 Å². The zero-order valence-electron chi connectivity index (χ0n) is 8.64. The van der Waals surface area contributed by atoms with Crippen LogP contribution in [0.25, 0.3) is 0 Å². The van der Waals surface area contributed by atoms with Crippen LogP contribution < -0.4 is 0 Å². The number of rotatable bonds is 3. The highest BCUT2D eigenvalue weighted by atomic mass is 32.2. The molecule has 0 aliphatic rings. The van der Waals surface area contributed by atoms with Crippen molar-refractivity contribution in [2.45, 2.75) is 30.2 Å². The molecule has 1 aromatic carbocycles. The Hall–Kier alpha value is -1.15. The second-order valence-corrected chi connectivity index (χ2v) is 4.35. The average molecular weight is 245 g/mol. The number of nitrogens with zero attached hydrogens (tertiary/aromatic N) is 1. The first-order valence-electron chi connectivity index (χ1n) is 4.65. The summed E-state index contributed by atoms with van der Waals surface area (Å²) in [6.45, 7) is 1.65. The Labute approximate surface area is 96.3 Å². The van der Waals surface area contributed by atoms with Crippen LogP contribution in [-0.2, 0) is 6.42 Å². The molecule has 1 aromatic rings. The van der Waals surface area contributed by atoms with E-state index in [2.05, 4.69) is 0 Å². The monoisotopic (exact) mass is 245 g/mol. The van der Waals surface area contributed by atoms with Crippen LogP contribution in [0.3, 0.4) is 0 Å². The number of alkyl halides is 3. The fraction of sp³-hybridized carbons (Fsp3) is 0.364. The second kappa shape index (κ2) is 5.26. The molecule has 0 atom stereocenters. The lowest BCUT2D eigenvalue weighted by Gasteiger charge is -2.11. The number of nitriles is 1. The van der Waals surface area contributed by atoms with Gasteiger partial charge in [0.25, 0.3) is 0 Å². The van der Waals surface area contributed by atoms with Crippen LogP contribution in [0.5, 0.6) is 0 Å². The van der Waals surface area contributed by atoms with E-state index < -0.39 is 5.51 Å². The molecule has 0 unspecified atom stereocenters. The van der Waals surface area contributed by atoms with Gasteiger partial charge >= 0.3 is 5.51 Å². The number of aryl methyl sites for hydroxylation is 1. The van der Waals surface area contributed by atoms with E-state index in [0.717, 1.165) is 5.56 Å². The van der Waals surface area contributed by atoms with Crippen molar-refractivity contribution in [2.75, 3.05) is 0 Å². The molecule has 1 nitrogen and oxygen atoms in total. The van der Waals surface area contributed by atoms with Crippen LogP contribution in [0.2, 0.25) is 0 Å². The van der Waals surface area contributed by atoms with E-state index in [0.29, 0.717) is 18.4 Å². The van der Waals surface area contributed by atoms with Crippen LogP contribution in [0.1, 0.15) is 17.5 Å². The van der Waals surface area contributed by atoms with Crippen molar-refractivity contribution >= 4 is 11.8 Å². The molecule has 0 aliphatic heterocycles. The van der Waals surface area contributed by atoms with Gasteiger partial charge < -0.3 is 0 Å². The predicted octanol–water partition coefficient (Wildman–Crippen LogP) is 4.06. The zero-order chi connectivity index (χ0) is 12.2. The molecule has 16 heavy (non-hydrogen) atoms. The third-order valence-electron chi connectivity index (χ3n) is 2.13. The van der Waals surface area contributed by atoms with Crippen molar-refractivity contribution in [3.8, 4) is 6.07 Å². The number of hydrogen-bond donors (Lipinski definition) is 0. The van der Waals surface area contributed by atoms with Gasteiger partial charge in [-0.15, -0.1) is 0 Å². The maximum absolute atomic E-state index is 12.2. The number of hydrogen-bond acceptors (Lipinski definition) is 2. The van der Waals surface area contributed by atoms with Gasteiger partial charge in [0.05, 0.1) is 6.07 Å². The maximum atomic E-state index is 12.2. The van der Waals surface area contributed by atoms with E-state index in [-0.39, 0.29) is 16.7 Å². The van der Waals surface area contributed by atoms with Gasteiger partial charge in [-0.3, -0.25) is 0 Å². The molecule has 0 saturated carbocycles. The van der Waals surface area contributed by atoms with Gasteiger partial charge in [0.1, 0.15) is 0 Å². The molecule has 1 rings (SSSR count). The minimum atomic E-state index is -4.27. The Morgan fingerprint density at radius 1 is 1.38 bits per heavy atom. The van der Waals surface area contributed by atoms with Crippen LogP contribution in [0, 0.1) is 18.3 Å². The lowest BCUT2D eigenvalue weighted by molar-refractivity contribution is -0.0328. The Morgan fingerprint density at radius 2 is 2.06 bits per heavy atom. The van der Waals surface area contributed by atoms with Crippen molar-refractivity contribution < 1.29 is 13.2 Å². The molecule has 86 valence electrons. The number of benzene rings is 1. The third-order valence-corrected chi connectivity index (χ3v) is 3.02. The van der Waals surface area contributed by atoms with E-state index >= 15 is 0 Å². The van der Waals surface area contributed by atoms with E-state index in [4.69, 9.17) is 5.26 Å². The minimum absolute atomic E-state index is 0.108. The highest BCUT2D eigenvalue weighted by Gasteiger charge is 2.30. The minimum Gasteiger partial charge on any atom is -0.198 e. The predicted molar refractivity (Wildman–Crippen MR) is 57.0 cm³/mol. The molecule has 0 fully saturated rings. The van der Waals surface area contributed by atoms with Gasteiger partial charge in [0.2, 0.25) is 0 Å². The molecule has 0 aliphatic carbocycles. The van der Waals surface area contributed by atoms with Crippen molar-refractivity contribution in [2.24, 2.45) is 0 Å². The summed E-state index contributed by atoms with van der Waals surface area (Å²) in [5.74, 6) is 0. The normalized spacial score (nSPS) is 11.2. The zero-order valence-corrected chi connectivity index (χ0v) is 9.45. The summed E-state index contributed by atoms with van der Waals surface area (Å²) in [4.78, 5) is 0.211. The van der Waals surface area contributed by atoms with Crippen molar-refractivity contribution in [1.29, 1.82) is 5.26 Å². The van der Waals surface area contributed by atoms with E-state index in [9.17, 15) is 13.2 Å². The SMILES string of the molecule is Cc1c(CCC#N)cccc1SC(F)(F)F. The van der Waals surface area contributed by atoms with Gasteiger partial charge in [-0.1, -0.05) is 12.1 Å². The molecule has 0 spiro atoms. The van der Waals surface area contributed by atoms with Gasteiger partial charge in [-0.05, 0) is 42.3 Å². The highest BCUT2D eigenvalue weighted by Crippen LogP contribution is 2.39. The molecular formula is C11H10F3NS. The molecule has 0 bridgehead atoms. The lowest BCUT2D eigenvalue weighted by atomic mass is 10.0. The smallest absolute Gasteiger partial charge is 0.198 e. The Balaban J connectivity index is 2.91. The molecular weight excluding hydrogens is 235 g/mol. The number of halogens is 3. The first-order valence-corrected chi connectivity index (χ1v) is 5.47. The molecule has 0 saturated heterocycles. The largest absolute Gasteiger partial charge is 0.446 e. The fourth-order valence-electron chi connectivity index (χ4n) is 1.36. The summed E-state index contributed by atoms with van der Waals surface area (Å²) in [7, 11) is 0. The summed E-state index contributed by atoms with van der Waals surface area (Å²) in [5, 5.41) is 8.44. The van der Waals surface area contributed by atoms with Crippen molar-refractivity contribution in [3.63, 3.8) is 0 Å². The highest BCUT2D eigenvalue weighted by molar-refractivity contribution is 8.00. The van der Waals surface area contributed by atoms with Gasteiger partial charge in [0, 0.05) is 11.3 Å². The molecule has 0 radical (unpaired) electrons. The average Bonchev–Trinajstić information content (AvgIpc) is 2.17. The van der Waals surface area contributed by atoms with E-state index in [1.807, 2.05) is 6.07 Å². The van der Waals surface area contributed by atoms with Crippen LogP contribution >= 0.6 is 11.8 Å². The molecule has 0 amide bonds. The molecule has 0 aromatic heterocycles. The van der Waals surface area contributed by atoms with Gasteiger partial charge in [0.15, 0.2) is 0 Å². The van der Waals surface area contributed by atoms with E-state index in [1.54, 1.807) is 19.1 Å². The standard InChI is InChI=1S/C11H10F3NS/c1-8-9(5-3-7-15)4-2-6-10(8)16-11(12,13)14/h2,4,6H,3,5H2,1H3. The van der Waals surface area contributed by atoms with Gasteiger partial charge in [-0.2, -0.15) is 18.4 Å². The Kier molecular flexibility index (Phi) is 4.25. The number of thioether (sulfide) groups is 1. The summed E-state index contributed by atoms with van der Waals surface area (Å²) in [6.07, 6.45) is 0.815. The summed E-state index contributed by atoms with van der Waals surface area (Å²) in [6, 6.07) is 6.78. The molecule has 0 heterocycles. The summed E-state index contributed by atoms with van der Waals surface area (Å²) in [5.41, 5.74) is -2.85. The molecule has 5 heteroatoms. The van der Waals surface area contributed by atoms with Crippen molar-refractivity contribution in [1.82, 2.24) is 0 Å². The van der Waals surface area contributed by atoms with E-state index in [1.165, 1.54) is 6.07 Å². The Morgan fingerprint density at radius 3 is 2.62 bits per heavy atom. The molecule has 0 N–H and O–H groups in total. The first kappa shape index (κ1) is 12.9. The summed E-state index contributed by atoms with van der Waals surface area (Å²) >= 11 is -0.108. The summed E-state index contributed by atoms with van der Waals surface area (Å²) < 4.78 is 36.6. The third kappa shape index (κ3) is 3.78. The first-order chi connectivity index (χ1) is 7.44. The quantitative estimate of drug-likeness (QED) is 0.750. The Bertz CT molecular complexity index is 407. The van der Waals surface area contributed by atoms with Crippen molar-refractivity contribution in [3.05, 3.63) is 29.3 Å². The fourth-order valence-corrected chi connectivity index (χ4v) is 2.04. The van der Waals surface area contributed by atoms with Crippen LogP contribution in [0.4, 0.5) is 13.2 Å². The van der Waals surface area contributed by atoms with Crippen LogP contribution in [-0.4, -0.2) is 5.51 Å². The lowest BCUT2D eigenvalue weighted by Crippen LogP contribution is -2.01. The topological polar surface area (TPSA) is 23.8 Å². The maximum Gasteiger partial charge on any atom is 0.446 e.